The molecular formula is C20H23NO3S. The molecule has 132 valence electrons. The topological polar surface area (TPSA) is 57.6 Å². The molecule has 0 unspecified atom stereocenters. The van der Waals surface area contributed by atoms with Crippen molar-refractivity contribution in [1.29, 1.82) is 0 Å². The van der Waals surface area contributed by atoms with Gasteiger partial charge in [0, 0.05) is 18.5 Å². The molecule has 5 heteroatoms. The Morgan fingerprint density at radius 3 is 2.36 bits per heavy atom. The summed E-state index contributed by atoms with van der Waals surface area (Å²) in [4.78, 5) is 0.250. The third-order valence-corrected chi connectivity index (χ3v) is 6.91. The zero-order valence-corrected chi connectivity index (χ0v) is 15.3. The van der Waals surface area contributed by atoms with Crippen molar-refractivity contribution >= 4 is 15.6 Å². The Labute approximate surface area is 149 Å². The van der Waals surface area contributed by atoms with Gasteiger partial charge in [-0.15, -0.1) is 0 Å². The fourth-order valence-electron chi connectivity index (χ4n) is 3.24. The van der Waals surface area contributed by atoms with Crippen LogP contribution in [0.2, 0.25) is 0 Å². The van der Waals surface area contributed by atoms with Crippen LogP contribution in [0.5, 0.6) is 0 Å². The van der Waals surface area contributed by atoms with Gasteiger partial charge in [-0.05, 0) is 30.2 Å². The van der Waals surface area contributed by atoms with E-state index in [0.717, 1.165) is 16.7 Å². The first-order chi connectivity index (χ1) is 11.7. The van der Waals surface area contributed by atoms with E-state index >= 15 is 0 Å². The number of hydrogen-bond donors (Lipinski definition) is 1. The minimum Gasteiger partial charge on any atom is -0.391 e. The second-order valence-electron chi connectivity index (χ2n) is 6.89. The summed E-state index contributed by atoms with van der Waals surface area (Å²) in [7, 11) is -3.64. The van der Waals surface area contributed by atoms with Crippen molar-refractivity contribution in [3.63, 3.8) is 0 Å². The van der Waals surface area contributed by atoms with Crippen LogP contribution in [0.25, 0.3) is 5.57 Å². The number of aliphatic hydroxyl groups excluding tert-OH is 1. The summed E-state index contributed by atoms with van der Waals surface area (Å²) in [5.74, 6) is 0. The second-order valence-corrected chi connectivity index (χ2v) is 8.83. The maximum absolute atomic E-state index is 12.9. The monoisotopic (exact) mass is 357 g/mol. The average Bonchev–Trinajstić information content (AvgIpc) is 2.92. The smallest absolute Gasteiger partial charge is 0.243 e. The highest BCUT2D eigenvalue weighted by molar-refractivity contribution is 7.89. The van der Waals surface area contributed by atoms with Gasteiger partial charge in [0.1, 0.15) is 0 Å². The van der Waals surface area contributed by atoms with E-state index < -0.39 is 21.5 Å². The summed E-state index contributed by atoms with van der Waals surface area (Å²) >= 11 is 0. The van der Waals surface area contributed by atoms with Crippen LogP contribution in [0.3, 0.4) is 0 Å². The highest BCUT2D eigenvalue weighted by Gasteiger charge is 2.48. The van der Waals surface area contributed by atoms with Crippen LogP contribution in [0.15, 0.2) is 66.1 Å². The second kappa shape index (κ2) is 6.41. The van der Waals surface area contributed by atoms with Crippen molar-refractivity contribution in [1.82, 2.24) is 4.31 Å². The molecule has 1 fully saturated rings. The lowest BCUT2D eigenvalue weighted by Crippen LogP contribution is -2.32. The molecule has 1 aliphatic heterocycles. The first-order valence-corrected chi connectivity index (χ1v) is 9.69. The zero-order valence-electron chi connectivity index (χ0n) is 14.5. The fourth-order valence-corrected chi connectivity index (χ4v) is 4.79. The predicted octanol–water partition coefficient (Wildman–Crippen LogP) is 3.08. The number of nitrogens with zero attached hydrogens (tertiary/aromatic N) is 1. The standard InChI is InChI=1S/C20H23NO3S/c1-15-9-11-18(12-10-15)25(23,24)21-13-19(22)20(3,14-21)16(2)17-7-5-4-6-8-17/h4-12,19,22H,2,13-14H2,1,3H3/t19-,20-/m1/s1. The summed E-state index contributed by atoms with van der Waals surface area (Å²) in [5, 5.41) is 10.6. The van der Waals surface area contributed by atoms with Gasteiger partial charge in [0.2, 0.25) is 10.0 Å². The molecule has 0 aliphatic carbocycles. The molecular weight excluding hydrogens is 334 g/mol. The Morgan fingerprint density at radius 2 is 1.76 bits per heavy atom. The number of rotatable bonds is 4. The van der Waals surface area contributed by atoms with Crippen LogP contribution in [0.1, 0.15) is 18.1 Å². The molecule has 1 N–H and O–H groups in total. The Kier molecular flexibility index (Phi) is 4.58. The molecule has 25 heavy (non-hydrogen) atoms. The van der Waals surface area contributed by atoms with Crippen molar-refractivity contribution < 1.29 is 13.5 Å². The Hall–Kier alpha value is -1.95. The highest BCUT2D eigenvalue weighted by Crippen LogP contribution is 2.43. The SMILES string of the molecule is C=C(c1ccccc1)[C@@]1(C)CN(S(=O)(=O)c2ccc(C)cc2)C[C@H]1O. The lowest BCUT2D eigenvalue weighted by Gasteiger charge is -2.30. The van der Waals surface area contributed by atoms with E-state index in [2.05, 4.69) is 6.58 Å². The van der Waals surface area contributed by atoms with E-state index in [-0.39, 0.29) is 18.0 Å². The van der Waals surface area contributed by atoms with E-state index in [0.29, 0.717) is 0 Å². The molecule has 4 nitrogen and oxygen atoms in total. The number of aliphatic hydroxyl groups is 1. The quantitative estimate of drug-likeness (QED) is 0.915. The summed E-state index contributed by atoms with van der Waals surface area (Å²) in [5.41, 5.74) is 1.95. The molecule has 0 aromatic heterocycles. The minimum atomic E-state index is -3.64. The summed E-state index contributed by atoms with van der Waals surface area (Å²) in [6.45, 7) is 8.21. The molecule has 2 aromatic rings. The first-order valence-electron chi connectivity index (χ1n) is 8.25. The van der Waals surface area contributed by atoms with Crippen molar-refractivity contribution in [2.75, 3.05) is 13.1 Å². The van der Waals surface area contributed by atoms with Crippen LogP contribution >= 0.6 is 0 Å². The molecule has 1 aliphatic rings. The summed E-state index contributed by atoms with van der Waals surface area (Å²) in [6, 6.07) is 16.4. The Balaban J connectivity index is 1.90. The van der Waals surface area contributed by atoms with Crippen LogP contribution in [0.4, 0.5) is 0 Å². The van der Waals surface area contributed by atoms with Gasteiger partial charge >= 0.3 is 0 Å². The van der Waals surface area contributed by atoms with Crippen molar-refractivity contribution in [2.45, 2.75) is 24.8 Å². The fraction of sp³-hybridized carbons (Fsp3) is 0.300. The number of benzene rings is 2. The van der Waals surface area contributed by atoms with Crippen LogP contribution < -0.4 is 0 Å². The maximum atomic E-state index is 12.9. The van der Waals surface area contributed by atoms with Crippen molar-refractivity contribution in [3.8, 4) is 0 Å². The number of hydrogen-bond acceptors (Lipinski definition) is 3. The van der Waals surface area contributed by atoms with E-state index in [9.17, 15) is 13.5 Å². The number of sulfonamides is 1. The zero-order chi connectivity index (χ0) is 18.2. The van der Waals surface area contributed by atoms with E-state index in [1.165, 1.54) is 4.31 Å². The van der Waals surface area contributed by atoms with Crippen molar-refractivity contribution in [2.24, 2.45) is 5.41 Å². The Morgan fingerprint density at radius 1 is 1.16 bits per heavy atom. The third kappa shape index (κ3) is 3.15. The maximum Gasteiger partial charge on any atom is 0.243 e. The molecule has 2 atom stereocenters. The Bertz CT molecular complexity index is 875. The van der Waals surface area contributed by atoms with Gasteiger partial charge in [0.25, 0.3) is 0 Å². The van der Waals surface area contributed by atoms with E-state index in [1.54, 1.807) is 24.3 Å². The highest BCUT2D eigenvalue weighted by atomic mass is 32.2. The van der Waals surface area contributed by atoms with Crippen molar-refractivity contribution in [3.05, 3.63) is 72.3 Å². The molecule has 0 radical (unpaired) electrons. The van der Waals surface area contributed by atoms with Gasteiger partial charge in [0.05, 0.1) is 11.0 Å². The van der Waals surface area contributed by atoms with E-state index in [4.69, 9.17) is 0 Å². The van der Waals surface area contributed by atoms with Gasteiger partial charge in [-0.25, -0.2) is 8.42 Å². The largest absolute Gasteiger partial charge is 0.391 e. The molecule has 0 saturated carbocycles. The number of β-amino-alcohol motifs (C(OH)–C–C–N with tert-alkyl or cyclic N) is 1. The van der Waals surface area contributed by atoms with Crippen LogP contribution in [-0.2, 0) is 10.0 Å². The van der Waals surface area contributed by atoms with Gasteiger partial charge in [-0.2, -0.15) is 4.31 Å². The first kappa shape index (κ1) is 17.9. The summed E-state index contributed by atoms with van der Waals surface area (Å²) < 4.78 is 27.2. The molecule has 0 spiro atoms. The van der Waals surface area contributed by atoms with Gasteiger partial charge in [0.15, 0.2) is 0 Å². The predicted molar refractivity (Wildman–Crippen MR) is 99.5 cm³/mol. The average molecular weight is 357 g/mol. The van der Waals surface area contributed by atoms with E-state index in [1.807, 2.05) is 44.2 Å². The lowest BCUT2D eigenvalue weighted by molar-refractivity contribution is 0.120. The van der Waals surface area contributed by atoms with Crippen LogP contribution in [-0.4, -0.2) is 37.0 Å². The molecule has 3 rings (SSSR count). The molecule has 2 aromatic carbocycles. The molecule has 1 saturated heterocycles. The summed E-state index contributed by atoms with van der Waals surface area (Å²) in [6.07, 6.45) is -0.805. The molecule has 1 heterocycles. The molecule has 0 bridgehead atoms. The minimum absolute atomic E-state index is 0.0680. The number of aryl methyl sites for hydroxylation is 1. The lowest BCUT2D eigenvalue weighted by atomic mass is 9.77. The van der Waals surface area contributed by atoms with Gasteiger partial charge in [-0.1, -0.05) is 61.5 Å². The molecule has 0 amide bonds. The third-order valence-electron chi connectivity index (χ3n) is 5.09. The van der Waals surface area contributed by atoms with Gasteiger partial charge < -0.3 is 5.11 Å². The normalized spacial score (nSPS) is 24.4. The van der Waals surface area contributed by atoms with Crippen LogP contribution in [0, 0.1) is 12.3 Å². The van der Waals surface area contributed by atoms with Gasteiger partial charge in [-0.3, -0.25) is 0 Å².